The molecule has 1 aromatic carbocycles. The topological polar surface area (TPSA) is 61.7 Å². The van der Waals surface area contributed by atoms with E-state index in [4.69, 9.17) is 5.73 Å². The minimum absolute atomic E-state index is 0.347. The molecular formula is C13H13BrFN5. The van der Waals surface area contributed by atoms with Crippen LogP contribution in [0.15, 0.2) is 22.8 Å². The Labute approximate surface area is 123 Å². The number of hydrogen-bond acceptors (Lipinski definition) is 3. The first-order chi connectivity index (χ1) is 9.45. The second-order valence-electron chi connectivity index (χ2n) is 4.72. The second kappa shape index (κ2) is 4.59. The van der Waals surface area contributed by atoms with Crippen LogP contribution in [0.5, 0.6) is 0 Å². The van der Waals surface area contributed by atoms with Crippen LogP contribution in [0.3, 0.4) is 0 Å². The third-order valence-corrected chi connectivity index (χ3v) is 3.87. The molecule has 0 bridgehead atoms. The highest BCUT2D eigenvalue weighted by Crippen LogP contribution is 2.26. The Morgan fingerprint density at radius 1 is 1.40 bits per heavy atom. The predicted molar refractivity (Wildman–Crippen MR) is 78.9 cm³/mol. The van der Waals surface area contributed by atoms with Crippen molar-refractivity contribution in [2.45, 2.75) is 13.5 Å². The minimum Gasteiger partial charge on any atom is -0.369 e. The van der Waals surface area contributed by atoms with Crippen LogP contribution in [-0.2, 0) is 13.6 Å². The molecule has 3 rings (SSSR count). The quantitative estimate of drug-likeness (QED) is 0.781. The van der Waals surface area contributed by atoms with Crippen molar-refractivity contribution in [3.8, 4) is 0 Å². The standard InChI is InChI=1S/C13H13BrFN5/c1-7-8(5-19(2)18-7)6-20-12-3-9(14)10(15)4-11(12)17-13(20)16/h3-5H,6H2,1-2H3,(H2,16,17). The molecule has 0 saturated heterocycles. The molecule has 3 aromatic rings. The summed E-state index contributed by atoms with van der Waals surface area (Å²) in [5, 5.41) is 4.31. The number of anilines is 1. The molecule has 0 amide bonds. The van der Waals surface area contributed by atoms with Gasteiger partial charge in [0, 0.05) is 24.9 Å². The highest BCUT2D eigenvalue weighted by atomic mass is 79.9. The van der Waals surface area contributed by atoms with E-state index in [0.29, 0.717) is 22.5 Å². The Hall–Kier alpha value is -1.89. The van der Waals surface area contributed by atoms with Crippen LogP contribution in [0, 0.1) is 12.7 Å². The number of nitrogen functional groups attached to an aromatic ring is 1. The summed E-state index contributed by atoms with van der Waals surface area (Å²) >= 11 is 3.19. The summed E-state index contributed by atoms with van der Waals surface area (Å²) < 4.78 is 17.5. The molecule has 2 heterocycles. The highest BCUT2D eigenvalue weighted by molar-refractivity contribution is 9.10. The SMILES string of the molecule is Cc1nn(C)cc1Cn1c(N)nc2cc(F)c(Br)cc21. The average Bonchev–Trinajstić information content (AvgIpc) is 2.83. The molecule has 2 N–H and O–H groups in total. The van der Waals surface area contributed by atoms with Gasteiger partial charge in [-0.1, -0.05) is 0 Å². The van der Waals surface area contributed by atoms with E-state index in [2.05, 4.69) is 26.0 Å². The first kappa shape index (κ1) is 13.1. The lowest BCUT2D eigenvalue weighted by atomic mass is 10.2. The fraction of sp³-hybridized carbons (Fsp3) is 0.231. The molecule has 7 heteroatoms. The molecule has 0 aliphatic heterocycles. The van der Waals surface area contributed by atoms with Crippen molar-refractivity contribution < 1.29 is 4.39 Å². The lowest BCUT2D eigenvalue weighted by molar-refractivity contribution is 0.622. The fourth-order valence-electron chi connectivity index (χ4n) is 2.28. The highest BCUT2D eigenvalue weighted by Gasteiger charge is 2.13. The third-order valence-electron chi connectivity index (χ3n) is 3.26. The Morgan fingerprint density at radius 3 is 2.80 bits per heavy atom. The number of benzene rings is 1. The van der Waals surface area contributed by atoms with Crippen molar-refractivity contribution in [1.29, 1.82) is 0 Å². The minimum atomic E-state index is -0.347. The first-order valence-corrected chi connectivity index (χ1v) is 6.85. The van der Waals surface area contributed by atoms with Gasteiger partial charge in [0.15, 0.2) is 0 Å². The lowest BCUT2D eigenvalue weighted by Crippen LogP contribution is -2.05. The zero-order chi connectivity index (χ0) is 14.4. The Morgan fingerprint density at radius 2 is 2.15 bits per heavy atom. The number of halogens is 2. The maximum absolute atomic E-state index is 13.5. The normalized spacial score (nSPS) is 11.4. The number of rotatable bonds is 2. The van der Waals surface area contributed by atoms with Gasteiger partial charge >= 0.3 is 0 Å². The molecule has 5 nitrogen and oxygen atoms in total. The van der Waals surface area contributed by atoms with E-state index in [1.54, 1.807) is 10.7 Å². The summed E-state index contributed by atoms with van der Waals surface area (Å²) in [4.78, 5) is 4.20. The molecular weight excluding hydrogens is 325 g/mol. The summed E-state index contributed by atoms with van der Waals surface area (Å²) in [5.41, 5.74) is 9.28. The van der Waals surface area contributed by atoms with Gasteiger partial charge in [-0.2, -0.15) is 5.10 Å². The molecule has 0 radical (unpaired) electrons. The van der Waals surface area contributed by atoms with Crippen molar-refractivity contribution in [2.75, 3.05) is 5.73 Å². The molecule has 0 aliphatic carbocycles. The zero-order valence-corrected chi connectivity index (χ0v) is 12.6. The Kier molecular flexibility index (Phi) is 3.01. The zero-order valence-electron chi connectivity index (χ0n) is 11.1. The number of nitrogens with zero attached hydrogens (tertiary/aromatic N) is 4. The van der Waals surface area contributed by atoms with E-state index >= 15 is 0 Å². The van der Waals surface area contributed by atoms with Gasteiger partial charge in [0.25, 0.3) is 0 Å². The maximum Gasteiger partial charge on any atom is 0.201 e. The number of hydrogen-bond donors (Lipinski definition) is 1. The average molecular weight is 338 g/mol. The molecule has 0 unspecified atom stereocenters. The van der Waals surface area contributed by atoms with E-state index in [9.17, 15) is 4.39 Å². The van der Waals surface area contributed by atoms with Crippen LogP contribution in [-0.4, -0.2) is 19.3 Å². The van der Waals surface area contributed by atoms with Crippen LogP contribution in [0.4, 0.5) is 10.3 Å². The molecule has 0 fully saturated rings. The third kappa shape index (κ3) is 2.07. The maximum atomic E-state index is 13.5. The number of fused-ring (bicyclic) bond motifs is 1. The van der Waals surface area contributed by atoms with Crippen molar-refractivity contribution in [3.05, 3.63) is 39.9 Å². The van der Waals surface area contributed by atoms with Gasteiger partial charge in [-0.05, 0) is 28.9 Å². The lowest BCUT2D eigenvalue weighted by Gasteiger charge is -2.06. The largest absolute Gasteiger partial charge is 0.369 e. The molecule has 0 spiro atoms. The van der Waals surface area contributed by atoms with E-state index in [1.807, 2.05) is 24.7 Å². The van der Waals surface area contributed by atoms with Crippen molar-refractivity contribution in [3.63, 3.8) is 0 Å². The predicted octanol–water partition coefficient (Wildman–Crippen LogP) is 2.61. The number of aromatic nitrogens is 4. The monoisotopic (exact) mass is 337 g/mol. The van der Waals surface area contributed by atoms with E-state index in [-0.39, 0.29) is 5.82 Å². The van der Waals surface area contributed by atoms with Crippen LogP contribution in [0.25, 0.3) is 11.0 Å². The smallest absolute Gasteiger partial charge is 0.201 e. The van der Waals surface area contributed by atoms with Crippen LogP contribution < -0.4 is 5.73 Å². The Balaban J connectivity index is 2.13. The van der Waals surface area contributed by atoms with Gasteiger partial charge in [-0.15, -0.1) is 0 Å². The van der Waals surface area contributed by atoms with Gasteiger partial charge in [-0.25, -0.2) is 9.37 Å². The second-order valence-corrected chi connectivity index (χ2v) is 5.58. The van der Waals surface area contributed by atoms with Crippen molar-refractivity contribution in [1.82, 2.24) is 19.3 Å². The summed E-state index contributed by atoms with van der Waals surface area (Å²) in [6.45, 7) is 2.50. The molecule has 20 heavy (non-hydrogen) atoms. The molecule has 104 valence electrons. The summed E-state index contributed by atoms with van der Waals surface area (Å²) in [6.07, 6.45) is 1.94. The van der Waals surface area contributed by atoms with Crippen molar-refractivity contribution >= 4 is 32.9 Å². The Bertz CT molecular complexity index is 805. The number of nitrogens with two attached hydrogens (primary N) is 1. The number of imidazole rings is 1. The van der Waals surface area contributed by atoms with Crippen LogP contribution >= 0.6 is 15.9 Å². The van der Waals surface area contributed by atoms with E-state index in [0.717, 1.165) is 16.8 Å². The summed E-state index contributed by atoms with van der Waals surface area (Å²) in [7, 11) is 1.87. The van der Waals surface area contributed by atoms with Gasteiger partial charge in [0.2, 0.25) is 5.95 Å². The summed E-state index contributed by atoms with van der Waals surface area (Å²) in [6, 6.07) is 3.07. The fourth-order valence-corrected chi connectivity index (χ4v) is 2.61. The van der Waals surface area contributed by atoms with Gasteiger partial charge in [-0.3, -0.25) is 4.68 Å². The first-order valence-electron chi connectivity index (χ1n) is 6.05. The van der Waals surface area contributed by atoms with Gasteiger partial charge in [0.05, 0.1) is 27.7 Å². The van der Waals surface area contributed by atoms with Crippen LogP contribution in [0.2, 0.25) is 0 Å². The molecule has 0 aliphatic rings. The number of aryl methyl sites for hydroxylation is 2. The van der Waals surface area contributed by atoms with Gasteiger partial charge in [0.1, 0.15) is 5.82 Å². The summed E-state index contributed by atoms with van der Waals surface area (Å²) in [5.74, 6) is 0.0143. The molecule has 2 aromatic heterocycles. The van der Waals surface area contributed by atoms with Gasteiger partial charge < -0.3 is 10.3 Å². The molecule has 0 atom stereocenters. The van der Waals surface area contributed by atoms with E-state index in [1.165, 1.54) is 6.07 Å². The molecule has 0 saturated carbocycles. The van der Waals surface area contributed by atoms with Crippen LogP contribution in [0.1, 0.15) is 11.3 Å². The van der Waals surface area contributed by atoms with E-state index < -0.39 is 0 Å². The van der Waals surface area contributed by atoms with Crippen molar-refractivity contribution in [2.24, 2.45) is 7.05 Å².